The quantitative estimate of drug-likeness (QED) is 0.628. The third-order valence-corrected chi connectivity index (χ3v) is 6.66. The van der Waals surface area contributed by atoms with Crippen molar-refractivity contribution in [2.45, 2.75) is 37.8 Å². The maximum absolute atomic E-state index is 14.9. The predicted octanol–water partition coefficient (Wildman–Crippen LogP) is 3.93. The van der Waals surface area contributed by atoms with Gasteiger partial charge in [-0.05, 0) is 37.8 Å². The number of nitrogens with zero attached hydrogens (tertiary/aromatic N) is 4. The first-order chi connectivity index (χ1) is 15.7. The Bertz CT molecular complexity index is 1080. The van der Waals surface area contributed by atoms with Gasteiger partial charge in [0.2, 0.25) is 0 Å². The molecule has 168 valence electrons. The number of nitrogens with one attached hydrogen (secondary N) is 2. The molecule has 7 nitrogen and oxygen atoms in total. The van der Waals surface area contributed by atoms with E-state index in [9.17, 15) is 4.39 Å². The summed E-state index contributed by atoms with van der Waals surface area (Å²) in [6.07, 6.45) is 9.42. The van der Waals surface area contributed by atoms with Gasteiger partial charge in [0, 0.05) is 67.2 Å². The number of hydrogen-bond acceptors (Lipinski definition) is 7. The van der Waals surface area contributed by atoms with Crippen LogP contribution in [0.2, 0.25) is 0 Å². The van der Waals surface area contributed by atoms with E-state index >= 15 is 0 Å². The minimum Gasteiger partial charge on any atom is -0.387 e. The van der Waals surface area contributed by atoms with Crippen molar-refractivity contribution < 1.29 is 9.13 Å². The zero-order valence-corrected chi connectivity index (χ0v) is 18.4. The van der Waals surface area contributed by atoms with Crippen molar-refractivity contribution in [2.75, 3.05) is 44.0 Å². The summed E-state index contributed by atoms with van der Waals surface area (Å²) in [7, 11) is 1.82. The van der Waals surface area contributed by atoms with Crippen molar-refractivity contribution in [3.8, 4) is 11.1 Å². The average Bonchev–Trinajstić information content (AvgIpc) is 2.85. The van der Waals surface area contributed by atoms with E-state index in [-0.39, 0.29) is 5.82 Å². The Balaban J connectivity index is 1.36. The van der Waals surface area contributed by atoms with Gasteiger partial charge < -0.3 is 15.4 Å². The number of rotatable bonds is 5. The highest BCUT2D eigenvalue weighted by Crippen LogP contribution is 2.32. The molecule has 2 N–H and O–H groups in total. The van der Waals surface area contributed by atoms with E-state index in [2.05, 4.69) is 30.5 Å². The molecule has 1 aliphatic heterocycles. The lowest BCUT2D eigenvalue weighted by Gasteiger charge is -2.39. The van der Waals surface area contributed by atoms with E-state index < -0.39 is 0 Å². The molecule has 32 heavy (non-hydrogen) atoms. The van der Waals surface area contributed by atoms with E-state index in [4.69, 9.17) is 4.74 Å². The predicted molar refractivity (Wildman–Crippen MR) is 124 cm³/mol. The highest BCUT2D eigenvalue weighted by atomic mass is 19.1. The molecule has 2 aromatic heterocycles. The Morgan fingerprint density at radius 2 is 1.84 bits per heavy atom. The molecule has 8 heteroatoms. The first-order valence-electron chi connectivity index (χ1n) is 11.4. The maximum atomic E-state index is 14.9. The van der Waals surface area contributed by atoms with E-state index in [0.29, 0.717) is 23.2 Å². The molecule has 0 radical (unpaired) electrons. The molecule has 0 spiro atoms. The highest BCUT2D eigenvalue weighted by Gasteiger charge is 2.27. The van der Waals surface area contributed by atoms with Gasteiger partial charge in [0.1, 0.15) is 18.0 Å². The molecule has 0 bridgehead atoms. The fraction of sp³-hybridized carbons (Fsp3) is 0.458. The average molecular weight is 437 g/mol. The summed E-state index contributed by atoms with van der Waals surface area (Å²) >= 11 is 0. The van der Waals surface area contributed by atoms with Crippen molar-refractivity contribution in [3.63, 3.8) is 0 Å². The summed E-state index contributed by atoms with van der Waals surface area (Å²) in [5.41, 5.74) is 2.65. The van der Waals surface area contributed by atoms with Crippen molar-refractivity contribution >= 4 is 22.4 Å². The fourth-order valence-electron chi connectivity index (χ4n) is 4.86. The third-order valence-electron chi connectivity index (χ3n) is 6.66. The summed E-state index contributed by atoms with van der Waals surface area (Å²) in [5.74, 6) is 0.451. The van der Waals surface area contributed by atoms with Crippen molar-refractivity contribution in [3.05, 3.63) is 42.7 Å². The van der Waals surface area contributed by atoms with Gasteiger partial charge in [-0.3, -0.25) is 9.88 Å². The molecule has 1 saturated heterocycles. The van der Waals surface area contributed by atoms with Gasteiger partial charge in [-0.25, -0.2) is 14.4 Å². The second-order valence-corrected chi connectivity index (χ2v) is 8.58. The largest absolute Gasteiger partial charge is 0.387 e. The highest BCUT2D eigenvalue weighted by molar-refractivity contribution is 5.93. The van der Waals surface area contributed by atoms with Gasteiger partial charge in [-0.15, -0.1) is 0 Å². The van der Waals surface area contributed by atoms with E-state index in [1.807, 2.05) is 19.2 Å². The van der Waals surface area contributed by atoms with Crippen LogP contribution in [0.3, 0.4) is 0 Å². The molecule has 1 saturated carbocycles. The molecule has 0 amide bonds. The van der Waals surface area contributed by atoms with Gasteiger partial charge in [-0.2, -0.15) is 0 Å². The van der Waals surface area contributed by atoms with Gasteiger partial charge in [0.05, 0.1) is 24.4 Å². The lowest BCUT2D eigenvalue weighted by atomic mass is 9.90. The second kappa shape index (κ2) is 9.34. The number of fused-ring (bicyclic) bond motifs is 1. The molecule has 0 atom stereocenters. The summed E-state index contributed by atoms with van der Waals surface area (Å²) in [4.78, 5) is 15.6. The van der Waals surface area contributed by atoms with Crippen molar-refractivity contribution in [1.82, 2.24) is 19.9 Å². The van der Waals surface area contributed by atoms with E-state index in [1.54, 1.807) is 12.4 Å². The van der Waals surface area contributed by atoms with Crippen LogP contribution >= 0.6 is 0 Å². The molecular weight excluding hydrogens is 407 g/mol. The van der Waals surface area contributed by atoms with E-state index in [0.717, 1.165) is 61.6 Å². The van der Waals surface area contributed by atoms with Crippen LogP contribution in [0.5, 0.6) is 0 Å². The smallest absolute Gasteiger partial charge is 0.137 e. The minimum atomic E-state index is -0.316. The lowest BCUT2D eigenvalue weighted by Crippen LogP contribution is -2.46. The van der Waals surface area contributed by atoms with Crippen molar-refractivity contribution in [1.29, 1.82) is 0 Å². The van der Waals surface area contributed by atoms with Crippen LogP contribution in [-0.4, -0.2) is 65.3 Å². The van der Waals surface area contributed by atoms with E-state index in [1.165, 1.54) is 25.2 Å². The number of ether oxygens (including phenoxy) is 1. The Kier molecular flexibility index (Phi) is 6.14. The topological polar surface area (TPSA) is 75.2 Å². The lowest BCUT2D eigenvalue weighted by molar-refractivity contribution is 0.00791. The van der Waals surface area contributed by atoms with Crippen LogP contribution in [0.1, 0.15) is 25.7 Å². The number of anilines is 2. The maximum Gasteiger partial charge on any atom is 0.137 e. The van der Waals surface area contributed by atoms with Gasteiger partial charge in [-0.1, -0.05) is 0 Å². The first-order valence-corrected chi connectivity index (χ1v) is 11.4. The standard InChI is InChI=1S/C24H29FN6O/c1-26-18-10-16(13-27-14-18)20-11-21-23(12-22(20)25)28-15-29-24(21)30-17-2-4-19(5-3-17)31-6-8-32-9-7-31/h10-15,17,19,26H,2-9H2,1H3,(H,28,29,30)/t17-,19-. The molecule has 5 rings (SSSR count). The molecule has 0 unspecified atom stereocenters. The summed E-state index contributed by atoms with van der Waals surface area (Å²) in [6.45, 7) is 3.77. The zero-order chi connectivity index (χ0) is 21.9. The van der Waals surface area contributed by atoms with Crippen LogP contribution in [-0.2, 0) is 4.74 Å². The van der Waals surface area contributed by atoms with Crippen LogP contribution in [0.4, 0.5) is 15.9 Å². The molecular formula is C24H29FN6O. The SMILES string of the molecule is CNc1cncc(-c2cc3c(N[C@H]4CC[C@H](N5CCOCC5)CC4)ncnc3cc2F)c1. The van der Waals surface area contributed by atoms with Gasteiger partial charge in [0.25, 0.3) is 0 Å². The molecule has 1 aliphatic carbocycles. The van der Waals surface area contributed by atoms with Gasteiger partial charge in [0.15, 0.2) is 0 Å². The number of aromatic nitrogens is 3. The monoisotopic (exact) mass is 436 g/mol. The van der Waals surface area contributed by atoms with Crippen LogP contribution in [0.15, 0.2) is 36.9 Å². The van der Waals surface area contributed by atoms with Crippen LogP contribution in [0.25, 0.3) is 22.0 Å². The number of benzene rings is 1. The molecule has 2 fully saturated rings. The summed E-state index contributed by atoms with van der Waals surface area (Å²) in [6, 6.07) is 6.21. The molecule has 3 aromatic rings. The zero-order valence-electron chi connectivity index (χ0n) is 18.4. The number of halogens is 1. The molecule has 3 heterocycles. The Labute approximate surface area is 187 Å². The Morgan fingerprint density at radius 3 is 2.62 bits per heavy atom. The number of hydrogen-bond donors (Lipinski definition) is 2. The second-order valence-electron chi connectivity index (χ2n) is 8.58. The fourth-order valence-corrected chi connectivity index (χ4v) is 4.86. The Hall–Kier alpha value is -2.84. The third kappa shape index (κ3) is 4.38. The summed E-state index contributed by atoms with van der Waals surface area (Å²) in [5, 5.41) is 7.51. The van der Waals surface area contributed by atoms with Crippen LogP contribution in [0, 0.1) is 5.82 Å². The minimum absolute atomic E-state index is 0.316. The Morgan fingerprint density at radius 1 is 1.03 bits per heavy atom. The first kappa shape index (κ1) is 21.0. The van der Waals surface area contributed by atoms with Crippen molar-refractivity contribution in [2.24, 2.45) is 0 Å². The van der Waals surface area contributed by atoms with Gasteiger partial charge >= 0.3 is 0 Å². The van der Waals surface area contributed by atoms with Crippen LogP contribution < -0.4 is 10.6 Å². The summed E-state index contributed by atoms with van der Waals surface area (Å²) < 4.78 is 20.4. The number of morpholine rings is 1. The normalized spacial score (nSPS) is 22.1. The molecule has 1 aromatic carbocycles. The molecule has 2 aliphatic rings. The number of pyridine rings is 1.